The van der Waals surface area contributed by atoms with Gasteiger partial charge in [-0.15, -0.1) is 0 Å². The minimum atomic E-state index is 0.514. The summed E-state index contributed by atoms with van der Waals surface area (Å²) in [5, 5.41) is 6.56. The SMILES string of the molecule is CCNC(=NCc1ccc(OCC2CC2)nc1)Nc1ccc(OC)c(OCC)c1. The lowest BCUT2D eigenvalue weighted by atomic mass is 10.2. The Morgan fingerprint density at radius 3 is 2.66 bits per heavy atom. The van der Waals surface area contributed by atoms with Gasteiger partial charge in [0, 0.05) is 30.6 Å². The van der Waals surface area contributed by atoms with Gasteiger partial charge in [0.2, 0.25) is 5.88 Å². The van der Waals surface area contributed by atoms with Crippen molar-refractivity contribution < 1.29 is 14.2 Å². The average Bonchev–Trinajstić information content (AvgIpc) is 3.56. The maximum Gasteiger partial charge on any atom is 0.213 e. The lowest BCUT2D eigenvalue weighted by Crippen LogP contribution is -2.30. The molecule has 0 unspecified atom stereocenters. The molecule has 0 atom stereocenters. The van der Waals surface area contributed by atoms with E-state index in [-0.39, 0.29) is 0 Å². The van der Waals surface area contributed by atoms with Crippen LogP contribution in [0.15, 0.2) is 41.5 Å². The molecule has 0 spiro atoms. The van der Waals surface area contributed by atoms with Crippen LogP contribution < -0.4 is 24.8 Å². The highest BCUT2D eigenvalue weighted by Gasteiger charge is 2.22. The summed E-state index contributed by atoms with van der Waals surface area (Å²) in [6.45, 7) is 6.59. The molecule has 1 aliphatic carbocycles. The first-order valence-corrected chi connectivity index (χ1v) is 10.2. The Kier molecular flexibility index (Phi) is 7.55. The van der Waals surface area contributed by atoms with Crippen LogP contribution in [0.2, 0.25) is 0 Å². The van der Waals surface area contributed by atoms with E-state index < -0.39 is 0 Å². The number of methoxy groups -OCH3 is 1. The third kappa shape index (κ3) is 6.55. The number of ether oxygens (including phenoxy) is 3. The number of benzene rings is 1. The Morgan fingerprint density at radius 1 is 1.14 bits per heavy atom. The van der Waals surface area contributed by atoms with Crippen molar-refractivity contribution in [1.82, 2.24) is 10.3 Å². The molecule has 1 saturated carbocycles. The van der Waals surface area contributed by atoms with Crippen LogP contribution in [-0.2, 0) is 6.54 Å². The van der Waals surface area contributed by atoms with E-state index in [1.54, 1.807) is 7.11 Å². The lowest BCUT2D eigenvalue weighted by molar-refractivity contribution is 0.288. The molecule has 0 bridgehead atoms. The van der Waals surface area contributed by atoms with E-state index in [9.17, 15) is 0 Å². The molecule has 7 nitrogen and oxygen atoms in total. The van der Waals surface area contributed by atoms with Crippen molar-refractivity contribution in [2.75, 3.05) is 32.2 Å². The summed E-state index contributed by atoms with van der Waals surface area (Å²) in [4.78, 5) is 9.03. The van der Waals surface area contributed by atoms with Crippen LogP contribution in [0.25, 0.3) is 0 Å². The van der Waals surface area contributed by atoms with Crippen molar-refractivity contribution in [2.45, 2.75) is 33.2 Å². The monoisotopic (exact) mass is 398 g/mol. The number of aliphatic imine (C=N–C) groups is 1. The molecule has 0 amide bonds. The molecule has 0 radical (unpaired) electrons. The number of aromatic nitrogens is 1. The van der Waals surface area contributed by atoms with Crippen LogP contribution in [0.5, 0.6) is 17.4 Å². The fourth-order valence-corrected chi connectivity index (χ4v) is 2.71. The maximum absolute atomic E-state index is 5.68. The maximum atomic E-state index is 5.68. The Labute approximate surface area is 172 Å². The number of anilines is 1. The highest BCUT2D eigenvalue weighted by molar-refractivity contribution is 5.93. The van der Waals surface area contributed by atoms with E-state index in [2.05, 4.69) is 20.6 Å². The van der Waals surface area contributed by atoms with Crippen LogP contribution in [0, 0.1) is 5.92 Å². The summed E-state index contributed by atoms with van der Waals surface area (Å²) in [6, 6.07) is 9.62. The molecule has 0 aliphatic heterocycles. The van der Waals surface area contributed by atoms with Crippen LogP contribution in [0.4, 0.5) is 5.69 Å². The molecule has 0 saturated heterocycles. The highest BCUT2D eigenvalue weighted by atomic mass is 16.5. The lowest BCUT2D eigenvalue weighted by Gasteiger charge is -2.14. The summed E-state index contributed by atoms with van der Waals surface area (Å²) >= 11 is 0. The Hall–Kier alpha value is -2.96. The molecule has 29 heavy (non-hydrogen) atoms. The van der Waals surface area contributed by atoms with Gasteiger partial charge in [-0.3, -0.25) is 0 Å². The zero-order valence-electron chi connectivity index (χ0n) is 17.4. The molecule has 1 fully saturated rings. The topological polar surface area (TPSA) is 77.0 Å². The number of guanidine groups is 1. The third-order valence-electron chi connectivity index (χ3n) is 4.45. The standard InChI is InChI=1S/C22H30N4O3/c1-4-23-22(26-18-9-10-19(27-3)20(12-18)28-5-2)25-14-17-8-11-21(24-13-17)29-15-16-6-7-16/h8-13,16H,4-7,14-15H2,1-3H3,(H2,23,25,26). The Morgan fingerprint density at radius 2 is 2.00 bits per heavy atom. The van der Waals surface area contributed by atoms with Gasteiger partial charge in [0.25, 0.3) is 0 Å². The van der Waals surface area contributed by atoms with Gasteiger partial charge in [0.15, 0.2) is 17.5 Å². The van der Waals surface area contributed by atoms with Crippen LogP contribution in [-0.4, -0.2) is 37.8 Å². The summed E-state index contributed by atoms with van der Waals surface area (Å²) in [7, 11) is 1.63. The van der Waals surface area contributed by atoms with Crippen molar-refractivity contribution in [2.24, 2.45) is 10.9 Å². The van der Waals surface area contributed by atoms with Crippen molar-refractivity contribution >= 4 is 11.6 Å². The second-order valence-corrected chi connectivity index (χ2v) is 6.88. The number of pyridine rings is 1. The Balaban J connectivity index is 1.62. The number of hydrogen-bond acceptors (Lipinski definition) is 5. The fourth-order valence-electron chi connectivity index (χ4n) is 2.71. The van der Waals surface area contributed by atoms with Crippen LogP contribution in [0.1, 0.15) is 32.3 Å². The second kappa shape index (κ2) is 10.5. The van der Waals surface area contributed by atoms with E-state index in [0.717, 1.165) is 30.3 Å². The predicted octanol–water partition coefficient (Wildman–Crippen LogP) is 3.86. The summed E-state index contributed by atoms with van der Waals surface area (Å²) in [5.74, 6) is 3.48. The van der Waals surface area contributed by atoms with Gasteiger partial charge in [-0.2, -0.15) is 0 Å². The molecule has 1 aliphatic rings. The first-order chi connectivity index (χ1) is 14.2. The zero-order chi connectivity index (χ0) is 20.5. The highest BCUT2D eigenvalue weighted by Crippen LogP contribution is 2.30. The van der Waals surface area contributed by atoms with Gasteiger partial charge in [-0.25, -0.2) is 9.98 Å². The molecule has 1 aromatic heterocycles. The molecular weight excluding hydrogens is 368 g/mol. The van der Waals surface area contributed by atoms with Crippen LogP contribution >= 0.6 is 0 Å². The summed E-state index contributed by atoms with van der Waals surface area (Å²) < 4.78 is 16.7. The van der Waals surface area contributed by atoms with Crippen molar-refractivity contribution in [3.63, 3.8) is 0 Å². The quantitative estimate of drug-likeness (QED) is 0.468. The molecule has 1 aromatic carbocycles. The molecule has 2 aromatic rings. The minimum Gasteiger partial charge on any atom is -0.493 e. The smallest absolute Gasteiger partial charge is 0.213 e. The number of rotatable bonds is 10. The number of hydrogen-bond donors (Lipinski definition) is 2. The molecule has 156 valence electrons. The fraction of sp³-hybridized carbons (Fsp3) is 0.455. The number of nitrogens with zero attached hydrogens (tertiary/aromatic N) is 2. The minimum absolute atomic E-state index is 0.514. The van der Waals surface area contributed by atoms with Gasteiger partial charge in [-0.05, 0) is 50.3 Å². The van der Waals surface area contributed by atoms with Gasteiger partial charge in [-0.1, -0.05) is 6.07 Å². The van der Waals surface area contributed by atoms with Gasteiger partial charge >= 0.3 is 0 Å². The van der Waals surface area contributed by atoms with Crippen LogP contribution in [0.3, 0.4) is 0 Å². The van der Waals surface area contributed by atoms with Crippen molar-refractivity contribution in [1.29, 1.82) is 0 Å². The normalized spacial score (nSPS) is 13.7. The molecule has 1 heterocycles. The van der Waals surface area contributed by atoms with E-state index in [1.165, 1.54) is 12.8 Å². The van der Waals surface area contributed by atoms with E-state index >= 15 is 0 Å². The molecule has 7 heteroatoms. The summed E-state index contributed by atoms with van der Waals surface area (Å²) in [6.07, 6.45) is 4.36. The average molecular weight is 399 g/mol. The first-order valence-electron chi connectivity index (χ1n) is 10.2. The number of nitrogens with one attached hydrogen (secondary N) is 2. The van der Waals surface area contributed by atoms with Gasteiger partial charge < -0.3 is 24.8 Å². The third-order valence-corrected chi connectivity index (χ3v) is 4.45. The first kappa shape index (κ1) is 20.8. The molecule has 3 rings (SSSR count). The van der Waals surface area contributed by atoms with Crippen molar-refractivity contribution in [3.8, 4) is 17.4 Å². The van der Waals surface area contributed by atoms with E-state index in [1.807, 2.05) is 50.4 Å². The molecule has 2 N–H and O–H groups in total. The Bertz CT molecular complexity index is 804. The van der Waals surface area contributed by atoms with E-state index in [4.69, 9.17) is 14.2 Å². The largest absolute Gasteiger partial charge is 0.493 e. The predicted molar refractivity (Wildman–Crippen MR) is 115 cm³/mol. The second-order valence-electron chi connectivity index (χ2n) is 6.88. The van der Waals surface area contributed by atoms with Gasteiger partial charge in [0.1, 0.15) is 0 Å². The summed E-state index contributed by atoms with van der Waals surface area (Å²) in [5.41, 5.74) is 1.89. The van der Waals surface area contributed by atoms with Gasteiger partial charge in [0.05, 0.1) is 26.9 Å². The van der Waals surface area contributed by atoms with Crippen molar-refractivity contribution in [3.05, 3.63) is 42.1 Å². The molecular formula is C22H30N4O3. The van der Waals surface area contributed by atoms with E-state index in [0.29, 0.717) is 36.5 Å². The zero-order valence-corrected chi connectivity index (χ0v) is 17.4.